The van der Waals surface area contributed by atoms with E-state index in [1.165, 1.54) is 0 Å². The van der Waals surface area contributed by atoms with Gasteiger partial charge in [0.2, 0.25) is 0 Å². The van der Waals surface area contributed by atoms with Crippen molar-refractivity contribution in [3.63, 3.8) is 0 Å². The summed E-state index contributed by atoms with van der Waals surface area (Å²) in [5.74, 6) is 0.688. The Morgan fingerprint density at radius 2 is 1.74 bits per heavy atom. The number of hydrogen-bond donors (Lipinski definition) is 1. The molecule has 0 aromatic heterocycles. The monoisotopic (exact) mass is 323 g/mol. The number of para-hydroxylation sites is 1. The second-order valence-corrected chi connectivity index (χ2v) is 7.21. The van der Waals surface area contributed by atoms with Crippen LogP contribution < -0.4 is 5.32 Å². The normalized spacial score (nSPS) is 12.4. The van der Waals surface area contributed by atoms with Crippen LogP contribution in [0.25, 0.3) is 0 Å². The average Bonchev–Trinajstić information content (AvgIpc) is 2.45. The Morgan fingerprint density at radius 1 is 1.16 bits per heavy atom. The zero-order valence-corrected chi connectivity index (χ0v) is 13.4. The summed E-state index contributed by atoms with van der Waals surface area (Å²) >= 11 is 12.0. The van der Waals surface area contributed by atoms with Crippen molar-refractivity contribution in [2.24, 2.45) is 0 Å². The first-order valence-corrected chi connectivity index (χ1v) is 8.88. The zero-order chi connectivity index (χ0) is 14.5. The van der Waals surface area contributed by atoms with E-state index >= 15 is 0 Å². The molecule has 6 heteroatoms. The number of sulfone groups is 1. The summed E-state index contributed by atoms with van der Waals surface area (Å²) in [6.07, 6.45) is 0.709. The topological polar surface area (TPSA) is 46.2 Å². The summed E-state index contributed by atoms with van der Waals surface area (Å²) in [6.45, 7) is 3.59. The Kier molecular flexibility index (Phi) is 5.96. The molecule has 0 atom stereocenters. The first kappa shape index (κ1) is 16.6. The van der Waals surface area contributed by atoms with Crippen LogP contribution in [-0.4, -0.2) is 31.5 Å². The summed E-state index contributed by atoms with van der Waals surface area (Å²) in [5, 5.41) is 3.21. The van der Waals surface area contributed by atoms with Crippen molar-refractivity contribution >= 4 is 38.7 Å². The van der Waals surface area contributed by atoms with Gasteiger partial charge in [-0.1, -0.05) is 26.0 Å². The summed E-state index contributed by atoms with van der Waals surface area (Å²) in [7, 11) is -3.27. The molecule has 0 fully saturated rings. The van der Waals surface area contributed by atoms with Crippen molar-refractivity contribution in [2.45, 2.75) is 30.7 Å². The van der Waals surface area contributed by atoms with Gasteiger partial charge in [0.05, 0.1) is 21.9 Å². The number of nitrogens with one attached hydrogen (secondary N) is 1. The molecule has 0 spiro atoms. The summed E-state index contributed by atoms with van der Waals surface area (Å²) < 4.78 is 24.1. The Balaban J connectivity index is 3.22. The molecule has 0 amide bonds. The van der Waals surface area contributed by atoms with Gasteiger partial charge in [0.1, 0.15) is 0 Å². The third-order valence-electron chi connectivity index (χ3n) is 3.19. The van der Waals surface area contributed by atoms with E-state index in [9.17, 15) is 8.42 Å². The standard InChI is InChI=1S/C13H19Cl2NO2S/c1-3-13(9-14,10-15)16-11-7-5-6-8-12(11)19(17,18)4-2/h5-8,16H,3-4,9-10H2,1-2H3. The van der Waals surface area contributed by atoms with Crippen molar-refractivity contribution in [1.82, 2.24) is 0 Å². The maximum atomic E-state index is 12.1. The molecule has 0 unspecified atom stereocenters. The molecule has 0 bridgehead atoms. The first-order valence-electron chi connectivity index (χ1n) is 6.16. The van der Waals surface area contributed by atoms with Crippen molar-refractivity contribution in [1.29, 1.82) is 0 Å². The van der Waals surface area contributed by atoms with E-state index in [0.717, 1.165) is 0 Å². The second-order valence-electron chi connectivity index (χ2n) is 4.43. The van der Waals surface area contributed by atoms with E-state index < -0.39 is 15.4 Å². The smallest absolute Gasteiger partial charge is 0.180 e. The van der Waals surface area contributed by atoms with E-state index in [1.54, 1.807) is 31.2 Å². The van der Waals surface area contributed by atoms with Gasteiger partial charge >= 0.3 is 0 Å². The molecule has 1 aromatic rings. The van der Waals surface area contributed by atoms with Crippen LogP contribution in [0.4, 0.5) is 5.69 Å². The van der Waals surface area contributed by atoms with Crippen molar-refractivity contribution in [3.8, 4) is 0 Å². The highest BCUT2D eigenvalue weighted by atomic mass is 35.5. The lowest BCUT2D eigenvalue weighted by Gasteiger charge is -2.31. The van der Waals surface area contributed by atoms with Gasteiger partial charge in [0, 0.05) is 11.8 Å². The molecule has 0 heterocycles. The fourth-order valence-corrected chi connectivity index (χ4v) is 3.51. The number of rotatable bonds is 7. The average molecular weight is 324 g/mol. The SMILES string of the molecule is CCC(CCl)(CCl)Nc1ccccc1S(=O)(=O)CC. The van der Waals surface area contributed by atoms with Gasteiger partial charge in [-0.2, -0.15) is 0 Å². The maximum Gasteiger partial charge on any atom is 0.180 e. The fraction of sp³-hybridized carbons (Fsp3) is 0.538. The molecule has 0 aliphatic heterocycles. The van der Waals surface area contributed by atoms with Crippen molar-refractivity contribution in [2.75, 3.05) is 22.8 Å². The minimum absolute atomic E-state index is 0.0621. The van der Waals surface area contributed by atoms with Gasteiger partial charge in [-0.15, -0.1) is 23.2 Å². The van der Waals surface area contributed by atoms with Crippen LogP contribution in [0.5, 0.6) is 0 Å². The quantitative estimate of drug-likeness (QED) is 0.781. The molecule has 1 N–H and O–H groups in total. The Hall–Kier alpha value is -0.450. The molecular weight excluding hydrogens is 305 g/mol. The van der Waals surface area contributed by atoms with Crippen LogP contribution in [0.15, 0.2) is 29.2 Å². The lowest BCUT2D eigenvalue weighted by molar-refractivity contribution is 0.557. The molecular formula is C13H19Cl2NO2S. The number of anilines is 1. The van der Waals surface area contributed by atoms with Gasteiger partial charge in [-0.3, -0.25) is 0 Å². The van der Waals surface area contributed by atoms with Crippen LogP contribution in [0.1, 0.15) is 20.3 Å². The molecule has 0 aliphatic carbocycles. The third kappa shape index (κ3) is 3.77. The van der Waals surface area contributed by atoms with E-state index in [0.29, 0.717) is 28.8 Å². The van der Waals surface area contributed by atoms with E-state index in [-0.39, 0.29) is 5.75 Å². The van der Waals surface area contributed by atoms with Crippen molar-refractivity contribution in [3.05, 3.63) is 24.3 Å². The molecule has 19 heavy (non-hydrogen) atoms. The highest BCUT2D eigenvalue weighted by Crippen LogP contribution is 2.28. The largest absolute Gasteiger partial charge is 0.376 e. The van der Waals surface area contributed by atoms with Crippen molar-refractivity contribution < 1.29 is 8.42 Å². The van der Waals surface area contributed by atoms with Gasteiger partial charge in [-0.05, 0) is 18.6 Å². The molecule has 0 saturated heterocycles. The Bertz CT molecular complexity index is 505. The molecule has 0 saturated carbocycles. The number of alkyl halides is 2. The fourth-order valence-electron chi connectivity index (χ4n) is 1.66. The summed E-state index contributed by atoms with van der Waals surface area (Å²) in [6, 6.07) is 6.85. The van der Waals surface area contributed by atoms with Crippen LogP contribution in [0, 0.1) is 0 Å². The zero-order valence-electron chi connectivity index (χ0n) is 11.1. The van der Waals surface area contributed by atoms with Crippen LogP contribution in [0.3, 0.4) is 0 Å². The Morgan fingerprint density at radius 3 is 2.21 bits per heavy atom. The molecule has 0 aliphatic rings. The van der Waals surface area contributed by atoms with Gasteiger partial charge < -0.3 is 5.32 Å². The lowest BCUT2D eigenvalue weighted by Crippen LogP contribution is -2.42. The number of hydrogen-bond acceptors (Lipinski definition) is 3. The molecule has 0 radical (unpaired) electrons. The van der Waals surface area contributed by atoms with Gasteiger partial charge in [0.15, 0.2) is 9.84 Å². The number of halogens is 2. The van der Waals surface area contributed by atoms with E-state index in [2.05, 4.69) is 5.32 Å². The highest BCUT2D eigenvalue weighted by molar-refractivity contribution is 7.91. The minimum Gasteiger partial charge on any atom is -0.376 e. The predicted octanol–water partition coefficient (Wildman–Crippen LogP) is 3.52. The first-order chi connectivity index (χ1) is 8.94. The number of benzene rings is 1. The summed E-state index contributed by atoms with van der Waals surface area (Å²) in [5.41, 5.74) is 0.0650. The third-order valence-corrected chi connectivity index (χ3v) is 6.00. The summed E-state index contributed by atoms with van der Waals surface area (Å²) in [4.78, 5) is 0.297. The molecule has 1 rings (SSSR count). The lowest BCUT2D eigenvalue weighted by atomic mass is 10.0. The van der Waals surface area contributed by atoms with Crippen LogP contribution >= 0.6 is 23.2 Å². The van der Waals surface area contributed by atoms with Crippen LogP contribution in [-0.2, 0) is 9.84 Å². The van der Waals surface area contributed by atoms with E-state index in [4.69, 9.17) is 23.2 Å². The Labute approximate surface area is 125 Å². The van der Waals surface area contributed by atoms with Crippen LogP contribution in [0.2, 0.25) is 0 Å². The van der Waals surface area contributed by atoms with Gasteiger partial charge in [0.25, 0.3) is 0 Å². The van der Waals surface area contributed by atoms with Gasteiger partial charge in [-0.25, -0.2) is 8.42 Å². The second kappa shape index (κ2) is 6.82. The van der Waals surface area contributed by atoms with E-state index in [1.807, 2.05) is 6.92 Å². The highest BCUT2D eigenvalue weighted by Gasteiger charge is 2.28. The minimum atomic E-state index is -3.27. The molecule has 3 nitrogen and oxygen atoms in total. The molecule has 1 aromatic carbocycles. The predicted molar refractivity (Wildman–Crippen MR) is 82.3 cm³/mol. The maximum absolute atomic E-state index is 12.1. The molecule has 108 valence electrons.